The highest BCUT2D eigenvalue weighted by molar-refractivity contribution is 7.18. The number of aromatic nitrogens is 3. The van der Waals surface area contributed by atoms with E-state index in [4.69, 9.17) is 11.6 Å². The van der Waals surface area contributed by atoms with Crippen molar-refractivity contribution in [3.05, 3.63) is 85.9 Å². The van der Waals surface area contributed by atoms with Gasteiger partial charge in [0.25, 0.3) is 5.56 Å². The molecule has 1 unspecified atom stereocenters. The van der Waals surface area contributed by atoms with Crippen molar-refractivity contribution in [2.24, 2.45) is 0 Å². The van der Waals surface area contributed by atoms with Gasteiger partial charge < -0.3 is 14.6 Å². The summed E-state index contributed by atoms with van der Waals surface area (Å²) in [6.45, 7) is 3.78. The molecule has 13 heteroatoms. The molecule has 244 valence electrons. The monoisotopic (exact) mass is 686 g/mol. The number of aromatic carboxylic acids is 1. The minimum absolute atomic E-state index is 0.0251. The molecule has 1 aliphatic heterocycles. The summed E-state index contributed by atoms with van der Waals surface area (Å²) < 4.78 is 29.5. The highest BCUT2D eigenvalue weighted by Gasteiger charge is 2.30. The predicted octanol–water partition coefficient (Wildman–Crippen LogP) is 6.08. The van der Waals surface area contributed by atoms with E-state index in [0.29, 0.717) is 69.4 Å². The normalized spacial score (nSPS) is 14.8. The van der Waals surface area contributed by atoms with E-state index in [9.17, 15) is 28.7 Å². The van der Waals surface area contributed by atoms with Crippen LogP contribution in [-0.2, 0) is 6.54 Å². The molecule has 1 aliphatic rings. The van der Waals surface area contributed by atoms with Crippen molar-refractivity contribution in [2.75, 3.05) is 44.3 Å². The maximum absolute atomic E-state index is 14.3. The van der Waals surface area contributed by atoms with Gasteiger partial charge in [-0.05, 0) is 44.2 Å². The third-order valence-corrected chi connectivity index (χ3v) is 9.61. The van der Waals surface area contributed by atoms with Crippen LogP contribution in [0.4, 0.5) is 14.6 Å². The molecule has 0 amide bonds. The van der Waals surface area contributed by atoms with Gasteiger partial charge in [0.15, 0.2) is 0 Å². The van der Waals surface area contributed by atoms with Crippen molar-refractivity contribution in [1.29, 1.82) is 5.26 Å². The van der Waals surface area contributed by atoms with E-state index >= 15 is 0 Å². The molecular weight excluding hydrogens is 658 g/mol. The molecule has 0 bridgehead atoms. The molecule has 9 nitrogen and oxygen atoms in total. The topological polar surface area (TPSA) is 115 Å². The van der Waals surface area contributed by atoms with Crippen molar-refractivity contribution >= 4 is 55.7 Å². The van der Waals surface area contributed by atoms with Crippen molar-refractivity contribution in [2.45, 2.75) is 26.1 Å². The Bertz CT molecular complexity index is 2240. The SMILES string of the molecule is Cc1cc2cnc(N3CCN(CC(C)(F)CF)CC3)c(C#N)c2c(=O)n1CC#Cc1ccc(Cl)cc1-c1ccnc2c(C(=O)O)csc12. The number of nitriles is 1. The predicted molar refractivity (Wildman–Crippen MR) is 183 cm³/mol. The summed E-state index contributed by atoms with van der Waals surface area (Å²) >= 11 is 7.65. The number of hydrogen-bond donors (Lipinski definition) is 1. The second-order valence-electron chi connectivity index (χ2n) is 11.9. The van der Waals surface area contributed by atoms with Gasteiger partial charge in [-0.25, -0.2) is 18.6 Å². The van der Waals surface area contributed by atoms with Crippen LogP contribution < -0.4 is 10.5 Å². The Balaban J connectivity index is 1.33. The third-order valence-electron chi connectivity index (χ3n) is 8.37. The molecule has 0 spiro atoms. The largest absolute Gasteiger partial charge is 0.478 e. The molecule has 0 aliphatic carbocycles. The average Bonchev–Trinajstić information content (AvgIpc) is 3.51. The zero-order valence-corrected chi connectivity index (χ0v) is 27.6. The average molecular weight is 687 g/mol. The van der Waals surface area contributed by atoms with E-state index in [0.717, 1.165) is 5.56 Å². The fraction of sp³-hybridized carbons (Fsp3) is 0.286. The number of thiophene rings is 1. The van der Waals surface area contributed by atoms with E-state index in [1.54, 1.807) is 55.0 Å². The van der Waals surface area contributed by atoms with Gasteiger partial charge in [0.05, 0.1) is 27.7 Å². The Morgan fingerprint density at radius 3 is 2.65 bits per heavy atom. The molecule has 5 aromatic rings. The van der Waals surface area contributed by atoms with E-state index in [1.165, 1.54) is 22.8 Å². The van der Waals surface area contributed by atoms with Crippen LogP contribution in [0.1, 0.15) is 34.1 Å². The van der Waals surface area contributed by atoms with Crippen LogP contribution in [0.15, 0.2) is 52.9 Å². The first-order chi connectivity index (χ1) is 23.0. The first kappa shape index (κ1) is 33.0. The zero-order valence-electron chi connectivity index (χ0n) is 26.1. The Morgan fingerprint density at radius 2 is 1.94 bits per heavy atom. The molecule has 1 aromatic carbocycles. The van der Waals surface area contributed by atoms with Crippen LogP contribution in [0.25, 0.3) is 32.1 Å². The van der Waals surface area contributed by atoms with Crippen molar-refractivity contribution in [3.8, 4) is 29.0 Å². The van der Waals surface area contributed by atoms with Gasteiger partial charge in [-0.3, -0.25) is 14.7 Å². The smallest absolute Gasteiger partial charge is 0.338 e. The van der Waals surface area contributed by atoms with Gasteiger partial charge in [-0.15, -0.1) is 11.3 Å². The number of benzene rings is 1. The lowest BCUT2D eigenvalue weighted by Gasteiger charge is -2.37. The standard InChI is InChI=1S/C35H29ClF2N6O3S/c1-21-14-23-17-41-32(43-12-10-42(11-13-43)20-35(2,38)19-37)27(16-39)29(23)33(45)44(21)9-3-4-22-5-6-24(36)15-26(22)25-7-8-40-30-28(34(46)47)18-48-31(25)30/h5-8,14-15,17-18H,9-13,19-20H2,1-2H3,(H,46,47). The van der Waals surface area contributed by atoms with Crippen LogP contribution in [0, 0.1) is 30.1 Å². The Kier molecular flexibility index (Phi) is 9.17. The van der Waals surface area contributed by atoms with Crippen LogP contribution >= 0.6 is 22.9 Å². The molecule has 1 saturated heterocycles. The molecule has 48 heavy (non-hydrogen) atoms. The molecule has 0 radical (unpaired) electrons. The fourth-order valence-electron chi connectivity index (χ4n) is 5.98. The maximum atomic E-state index is 14.3. The highest BCUT2D eigenvalue weighted by Crippen LogP contribution is 2.36. The summed E-state index contributed by atoms with van der Waals surface area (Å²) in [6, 6.07) is 11.0. The number of rotatable bonds is 7. The number of halogens is 3. The quantitative estimate of drug-likeness (QED) is 0.205. The van der Waals surface area contributed by atoms with Gasteiger partial charge in [-0.1, -0.05) is 23.4 Å². The van der Waals surface area contributed by atoms with E-state index in [2.05, 4.69) is 27.9 Å². The molecule has 1 N–H and O–H groups in total. The lowest BCUT2D eigenvalue weighted by atomic mass is 10.00. The van der Waals surface area contributed by atoms with Gasteiger partial charge in [-0.2, -0.15) is 5.26 Å². The molecule has 1 fully saturated rings. The maximum Gasteiger partial charge on any atom is 0.338 e. The molecule has 6 rings (SSSR count). The minimum atomic E-state index is -1.93. The van der Waals surface area contributed by atoms with Gasteiger partial charge in [0, 0.05) is 83.3 Å². The number of fused-ring (bicyclic) bond motifs is 2. The molecule has 5 heterocycles. The number of pyridine rings is 3. The highest BCUT2D eigenvalue weighted by atomic mass is 35.5. The fourth-order valence-corrected chi connectivity index (χ4v) is 7.18. The summed E-state index contributed by atoms with van der Waals surface area (Å²) in [5, 5.41) is 22.6. The van der Waals surface area contributed by atoms with Crippen LogP contribution in [0.2, 0.25) is 5.02 Å². The number of anilines is 1. The first-order valence-corrected chi connectivity index (χ1v) is 16.3. The van der Waals surface area contributed by atoms with Crippen molar-refractivity contribution < 1.29 is 18.7 Å². The number of nitrogens with zero attached hydrogens (tertiary/aromatic N) is 6. The number of piperazine rings is 1. The second-order valence-corrected chi connectivity index (χ2v) is 13.2. The van der Waals surface area contributed by atoms with Gasteiger partial charge in [0.2, 0.25) is 0 Å². The van der Waals surface area contributed by atoms with Crippen molar-refractivity contribution in [3.63, 3.8) is 0 Å². The number of carboxylic acids is 1. The molecule has 1 atom stereocenters. The molecular formula is C35H29ClF2N6O3S. The lowest BCUT2D eigenvalue weighted by Crippen LogP contribution is -2.51. The summed E-state index contributed by atoms with van der Waals surface area (Å²) in [5.74, 6) is 5.58. The number of alkyl halides is 2. The number of carboxylic acid groups (broad SMARTS) is 1. The zero-order chi connectivity index (χ0) is 34.2. The van der Waals surface area contributed by atoms with Crippen LogP contribution in [0.3, 0.4) is 0 Å². The van der Waals surface area contributed by atoms with Crippen LogP contribution in [-0.4, -0.2) is 75.6 Å². The summed E-state index contributed by atoms with van der Waals surface area (Å²) in [7, 11) is 0. The second kappa shape index (κ2) is 13.3. The van der Waals surface area contributed by atoms with Crippen LogP contribution in [0.5, 0.6) is 0 Å². The number of carbonyl (C=O) groups is 1. The summed E-state index contributed by atoms with van der Waals surface area (Å²) in [5.41, 5.74) is 1.07. The number of hydrogen-bond acceptors (Lipinski definition) is 8. The Hall–Kier alpha value is -4.88. The summed E-state index contributed by atoms with van der Waals surface area (Å²) in [6.07, 6.45) is 3.13. The summed E-state index contributed by atoms with van der Waals surface area (Å²) in [4.78, 5) is 38.2. The number of aryl methyl sites for hydroxylation is 1. The molecule has 4 aromatic heterocycles. The Labute approximate surface area is 283 Å². The third kappa shape index (κ3) is 6.35. The van der Waals surface area contributed by atoms with E-state index < -0.39 is 18.3 Å². The molecule has 0 saturated carbocycles. The van der Waals surface area contributed by atoms with Gasteiger partial charge >= 0.3 is 5.97 Å². The van der Waals surface area contributed by atoms with Crippen molar-refractivity contribution in [1.82, 2.24) is 19.4 Å². The van der Waals surface area contributed by atoms with E-state index in [-0.39, 0.29) is 35.2 Å². The lowest BCUT2D eigenvalue weighted by molar-refractivity contribution is 0.0699. The minimum Gasteiger partial charge on any atom is -0.478 e. The Morgan fingerprint density at radius 1 is 1.17 bits per heavy atom. The van der Waals surface area contributed by atoms with E-state index in [1.807, 2.05) is 9.80 Å². The van der Waals surface area contributed by atoms with Gasteiger partial charge in [0.1, 0.15) is 29.8 Å². The first-order valence-electron chi connectivity index (χ1n) is 15.0.